The Kier molecular flexibility index (Phi) is 4.08. The molecule has 1 saturated heterocycles. The number of fused-ring (bicyclic) bond motifs is 1. The molecule has 0 unspecified atom stereocenters. The number of hydrogen-bond acceptors (Lipinski definition) is 3. The zero-order valence-corrected chi connectivity index (χ0v) is 14.1. The summed E-state index contributed by atoms with van der Waals surface area (Å²) >= 11 is 0.628. The van der Waals surface area contributed by atoms with E-state index in [0.29, 0.717) is 17.3 Å². The predicted octanol–water partition coefficient (Wildman–Crippen LogP) is 4.29. The van der Waals surface area contributed by atoms with Gasteiger partial charge in [0.25, 0.3) is 5.24 Å². The van der Waals surface area contributed by atoms with Crippen LogP contribution in [0.4, 0.5) is 13.6 Å². The van der Waals surface area contributed by atoms with E-state index in [2.05, 4.69) is 5.32 Å². The monoisotopic (exact) mass is 370 g/mol. The van der Waals surface area contributed by atoms with Crippen molar-refractivity contribution >= 4 is 39.1 Å². The van der Waals surface area contributed by atoms with Gasteiger partial charge in [-0.25, -0.2) is 8.78 Å². The Balaban J connectivity index is 1.72. The van der Waals surface area contributed by atoms with Crippen molar-refractivity contribution < 1.29 is 18.4 Å². The summed E-state index contributed by atoms with van der Waals surface area (Å²) in [7, 11) is 0. The molecular formula is C19H12F2N2O2S. The summed E-state index contributed by atoms with van der Waals surface area (Å²) < 4.78 is 28.8. The standard InChI is InChI=1S/C19H12F2N2O2S/c20-13-5-4-12(15(21)9-13)10-23-7-6-14-11(2-1-3-17(14)23)8-16-18(24)26-19(25)22-16/h1-9H,10H2,(H,22,25). The van der Waals surface area contributed by atoms with Crippen LogP contribution in [0.3, 0.4) is 0 Å². The van der Waals surface area contributed by atoms with E-state index in [-0.39, 0.29) is 17.4 Å². The summed E-state index contributed by atoms with van der Waals surface area (Å²) in [6.45, 7) is 0.251. The van der Waals surface area contributed by atoms with Crippen LogP contribution in [-0.2, 0) is 11.3 Å². The Hall–Kier alpha value is -2.93. The second-order valence-corrected chi connectivity index (χ2v) is 6.77. The van der Waals surface area contributed by atoms with Gasteiger partial charge in [0.15, 0.2) is 0 Å². The molecule has 0 saturated carbocycles. The molecule has 0 radical (unpaired) electrons. The quantitative estimate of drug-likeness (QED) is 0.700. The van der Waals surface area contributed by atoms with E-state index < -0.39 is 16.9 Å². The van der Waals surface area contributed by atoms with Crippen LogP contribution in [0.25, 0.3) is 17.0 Å². The van der Waals surface area contributed by atoms with Gasteiger partial charge in [-0.2, -0.15) is 0 Å². The number of nitrogens with zero attached hydrogens (tertiary/aromatic N) is 1. The second kappa shape index (κ2) is 6.42. The van der Waals surface area contributed by atoms with Gasteiger partial charge in [0.05, 0.1) is 12.2 Å². The lowest BCUT2D eigenvalue weighted by atomic mass is 10.1. The maximum atomic E-state index is 13.9. The van der Waals surface area contributed by atoms with Crippen LogP contribution >= 0.6 is 11.8 Å². The van der Waals surface area contributed by atoms with Gasteiger partial charge in [-0.3, -0.25) is 9.59 Å². The fourth-order valence-electron chi connectivity index (χ4n) is 2.92. The van der Waals surface area contributed by atoms with Gasteiger partial charge in [-0.05, 0) is 29.8 Å². The minimum atomic E-state index is -0.612. The Morgan fingerprint density at radius 1 is 1.12 bits per heavy atom. The number of aromatic nitrogens is 1. The zero-order chi connectivity index (χ0) is 18.3. The van der Waals surface area contributed by atoms with Crippen LogP contribution in [0.2, 0.25) is 0 Å². The molecule has 2 heterocycles. The molecule has 4 rings (SSSR count). The van der Waals surface area contributed by atoms with Crippen molar-refractivity contribution in [3.05, 3.63) is 77.1 Å². The summed E-state index contributed by atoms with van der Waals surface area (Å²) in [6.07, 6.45) is 3.44. The van der Waals surface area contributed by atoms with E-state index in [4.69, 9.17) is 0 Å². The number of nitrogens with one attached hydrogen (secondary N) is 1. The molecule has 1 N–H and O–H groups in total. The highest BCUT2D eigenvalue weighted by Crippen LogP contribution is 2.26. The number of benzene rings is 2. The molecule has 3 aromatic rings. The lowest BCUT2D eigenvalue weighted by Crippen LogP contribution is -2.10. The Morgan fingerprint density at radius 3 is 2.69 bits per heavy atom. The van der Waals surface area contributed by atoms with Gasteiger partial charge < -0.3 is 9.88 Å². The Morgan fingerprint density at radius 2 is 1.96 bits per heavy atom. The zero-order valence-electron chi connectivity index (χ0n) is 13.3. The van der Waals surface area contributed by atoms with E-state index in [9.17, 15) is 18.4 Å². The smallest absolute Gasteiger partial charge is 0.291 e. The van der Waals surface area contributed by atoms with Gasteiger partial charge >= 0.3 is 0 Å². The highest BCUT2D eigenvalue weighted by Gasteiger charge is 2.25. The van der Waals surface area contributed by atoms with Crippen molar-refractivity contribution in [1.29, 1.82) is 0 Å². The van der Waals surface area contributed by atoms with Crippen molar-refractivity contribution in [3.8, 4) is 0 Å². The molecule has 4 nitrogen and oxygen atoms in total. The summed E-state index contributed by atoms with van der Waals surface area (Å²) in [5, 5.41) is 2.67. The van der Waals surface area contributed by atoms with E-state index >= 15 is 0 Å². The van der Waals surface area contributed by atoms with Crippen LogP contribution in [0.1, 0.15) is 11.1 Å². The summed E-state index contributed by atoms with van der Waals surface area (Å²) in [6, 6.07) is 10.9. The molecule has 1 aromatic heterocycles. The maximum Gasteiger partial charge on any atom is 0.291 e. The van der Waals surface area contributed by atoms with Crippen LogP contribution in [0, 0.1) is 11.6 Å². The van der Waals surface area contributed by atoms with Crippen molar-refractivity contribution in [2.75, 3.05) is 0 Å². The third-order valence-corrected chi connectivity index (χ3v) is 4.84. The first kappa shape index (κ1) is 16.5. The summed E-state index contributed by atoms with van der Waals surface area (Å²) in [4.78, 5) is 23.1. The number of hydrogen-bond donors (Lipinski definition) is 1. The first-order chi connectivity index (χ1) is 12.5. The van der Waals surface area contributed by atoms with Crippen molar-refractivity contribution in [2.45, 2.75) is 6.54 Å². The number of halogens is 2. The molecule has 0 aliphatic carbocycles. The maximum absolute atomic E-state index is 13.9. The normalized spacial score (nSPS) is 15.8. The minimum Gasteiger partial charge on any atom is -0.343 e. The Labute approximate surface area is 151 Å². The number of amides is 1. The topological polar surface area (TPSA) is 51.1 Å². The molecule has 7 heteroatoms. The third kappa shape index (κ3) is 3.01. The van der Waals surface area contributed by atoms with Crippen LogP contribution < -0.4 is 5.32 Å². The molecule has 1 amide bonds. The van der Waals surface area contributed by atoms with Gasteiger partial charge in [0.1, 0.15) is 11.6 Å². The first-order valence-corrected chi connectivity index (χ1v) is 8.59. The fourth-order valence-corrected chi connectivity index (χ4v) is 3.47. The first-order valence-electron chi connectivity index (χ1n) is 7.78. The van der Waals surface area contributed by atoms with Crippen molar-refractivity contribution in [1.82, 2.24) is 9.88 Å². The minimum absolute atomic E-state index is 0.241. The summed E-state index contributed by atoms with van der Waals surface area (Å²) in [5.41, 5.74) is 2.23. The number of rotatable bonds is 3. The predicted molar refractivity (Wildman–Crippen MR) is 96.5 cm³/mol. The van der Waals surface area contributed by atoms with Crippen LogP contribution in [0.5, 0.6) is 0 Å². The lowest BCUT2D eigenvalue weighted by molar-refractivity contribution is -0.107. The second-order valence-electron chi connectivity index (χ2n) is 5.82. The molecular weight excluding hydrogens is 358 g/mol. The average molecular weight is 370 g/mol. The third-order valence-electron chi connectivity index (χ3n) is 4.15. The molecule has 2 aromatic carbocycles. The molecule has 1 aliphatic heterocycles. The number of carbonyl (C=O) groups is 2. The molecule has 1 fully saturated rings. The fraction of sp³-hybridized carbons (Fsp3) is 0.0526. The summed E-state index contributed by atoms with van der Waals surface area (Å²) in [5.74, 6) is -1.21. The molecule has 0 spiro atoms. The van der Waals surface area contributed by atoms with Gasteiger partial charge in [0, 0.05) is 40.5 Å². The largest absolute Gasteiger partial charge is 0.343 e. The van der Waals surface area contributed by atoms with Crippen molar-refractivity contribution in [3.63, 3.8) is 0 Å². The van der Waals surface area contributed by atoms with Gasteiger partial charge in [-0.15, -0.1) is 0 Å². The van der Waals surface area contributed by atoms with Crippen LogP contribution in [0.15, 0.2) is 54.4 Å². The van der Waals surface area contributed by atoms with E-state index in [0.717, 1.165) is 22.5 Å². The van der Waals surface area contributed by atoms with Crippen molar-refractivity contribution in [2.24, 2.45) is 0 Å². The molecule has 26 heavy (non-hydrogen) atoms. The number of carbonyl (C=O) groups excluding carboxylic acids is 2. The Bertz CT molecular complexity index is 1090. The highest BCUT2D eigenvalue weighted by atomic mass is 32.2. The van der Waals surface area contributed by atoms with Gasteiger partial charge in [-0.1, -0.05) is 18.2 Å². The number of thioether (sulfide) groups is 1. The van der Waals surface area contributed by atoms with E-state index in [1.54, 1.807) is 12.3 Å². The SMILES string of the molecule is O=C1NC(=Cc2cccc3c2ccn3Cc2ccc(F)cc2F)C(=O)S1. The molecule has 130 valence electrons. The molecule has 0 atom stereocenters. The lowest BCUT2D eigenvalue weighted by Gasteiger charge is -2.08. The molecule has 0 bridgehead atoms. The van der Waals surface area contributed by atoms with Crippen LogP contribution in [-0.4, -0.2) is 14.9 Å². The average Bonchev–Trinajstić information content (AvgIpc) is 3.14. The van der Waals surface area contributed by atoms with E-state index in [1.165, 1.54) is 12.1 Å². The highest BCUT2D eigenvalue weighted by molar-refractivity contribution is 8.27. The molecule has 1 aliphatic rings. The van der Waals surface area contributed by atoms with Gasteiger partial charge in [0.2, 0.25) is 5.12 Å². The van der Waals surface area contributed by atoms with E-state index in [1.807, 2.05) is 28.8 Å².